The van der Waals surface area contributed by atoms with Gasteiger partial charge in [0.15, 0.2) is 0 Å². The van der Waals surface area contributed by atoms with Crippen LogP contribution in [-0.4, -0.2) is 23.3 Å². The molecule has 1 N–H and O–H groups in total. The number of nitrogens with one attached hydrogen (secondary N) is 1. The number of nitrogens with zero attached hydrogens (tertiary/aromatic N) is 1. The average molecular weight is 509 g/mol. The number of para-hydroxylation sites is 2. The van der Waals surface area contributed by atoms with Gasteiger partial charge in [-0.3, -0.25) is 4.79 Å². The van der Waals surface area contributed by atoms with Crippen LogP contribution in [-0.2, 0) is 6.54 Å². The monoisotopic (exact) mass is 508 g/mol. The summed E-state index contributed by atoms with van der Waals surface area (Å²) in [5.74, 6) is 1.61. The second kappa shape index (κ2) is 17.1. The second-order valence-electron chi connectivity index (χ2n) is 9.71. The van der Waals surface area contributed by atoms with Gasteiger partial charge < -0.3 is 15.0 Å². The van der Waals surface area contributed by atoms with Crippen molar-refractivity contribution < 1.29 is 9.53 Å². The van der Waals surface area contributed by atoms with E-state index in [1.807, 2.05) is 48.5 Å². The Morgan fingerprint density at radius 2 is 1.50 bits per heavy atom. The number of benzene rings is 2. The minimum atomic E-state index is -0.111. The minimum Gasteiger partial charge on any atom is -0.491 e. The molecule has 0 spiro atoms. The van der Waals surface area contributed by atoms with E-state index in [1.54, 1.807) is 11.8 Å². The molecule has 1 aliphatic heterocycles. The van der Waals surface area contributed by atoms with Gasteiger partial charge in [0.1, 0.15) is 5.75 Å². The molecule has 2 aromatic carbocycles. The molecule has 0 saturated heterocycles. The highest BCUT2D eigenvalue weighted by molar-refractivity contribution is 8.02. The van der Waals surface area contributed by atoms with E-state index < -0.39 is 0 Å². The van der Waals surface area contributed by atoms with Gasteiger partial charge in [-0.2, -0.15) is 0 Å². The van der Waals surface area contributed by atoms with E-state index in [1.165, 1.54) is 76.2 Å². The van der Waals surface area contributed by atoms with Crippen molar-refractivity contribution in [2.75, 3.05) is 17.8 Å². The highest BCUT2D eigenvalue weighted by Crippen LogP contribution is 2.25. The predicted molar refractivity (Wildman–Crippen MR) is 155 cm³/mol. The van der Waals surface area contributed by atoms with Crippen molar-refractivity contribution in [1.29, 1.82) is 0 Å². The van der Waals surface area contributed by atoms with Gasteiger partial charge in [-0.15, -0.1) is 11.8 Å². The fourth-order valence-corrected chi connectivity index (χ4v) is 5.13. The number of hydrogen-bond acceptors (Lipinski definition) is 4. The predicted octanol–water partition coefficient (Wildman–Crippen LogP) is 9.00. The molecule has 1 heterocycles. The largest absolute Gasteiger partial charge is 0.491 e. The molecule has 36 heavy (non-hydrogen) atoms. The third-order valence-electron chi connectivity index (χ3n) is 6.60. The quantitative estimate of drug-likeness (QED) is 0.204. The van der Waals surface area contributed by atoms with Crippen LogP contribution in [0.2, 0.25) is 0 Å². The van der Waals surface area contributed by atoms with Gasteiger partial charge in [0.2, 0.25) is 0 Å². The van der Waals surface area contributed by atoms with Crippen LogP contribution < -0.4 is 10.1 Å². The molecule has 4 nitrogen and oxygen atoms in total. The molecule has 0 radical (unpaired) electrons. The molecule has 0 aromatic heterocycles. The summed E-state index contributed by atoms with van der Waals surface area (Å²) in [4.78, 5) is 15.1. The van der Waals surface area contributed by atoms with Gasteiger partial charge in [0.05, 0.1) is 18.2 Å². The second-order valence-corrected chi connectivity index (χ2v) is 10.6. The fraction of sp³-hybridized carbons (Fsp3) is 0.516. The molecule has 196 valence electrons. The standard InChI is InChI=1S/C31H44N2O2S/c1-2-3-4-5-6-7-8-9-10-11-12-15-23-35-30-17-14-13-16-29(30)32-31(34)28-20-18-27(19-21-28)25-33-22-24-36-26-33/h13-14,16-22,24H,2-12,15,23,25-26H2,1H3,(H,32,34). The summed E-state index contributed by atoms with van der Waals surface area (Å²) in [6.07, 6.45) is 18.1. The van der Waals surface area contributed by atoms with Crippen molar-refractivity contribution in [1.82, 2.24) is 4.90 Å². The lowest BCUT2D eigenvalue weighted by atomic mass is 10.1. The number of carbonyl (C=O) groups excluding carboxylic acids is 1. The number of amides is 1. The zero-order chi connectivity index (χ0) is 25.3. The van der Waals surface area contributed by atoms with Crippen LogP contribution in [0.1, 0.15) is 99.9 Å². The van der Waals surface area contributed by atoms with Gasteiger partial charge in [0.25, 0.3) is 5.91 Å². The Morgan fingerprint density at radius 3 is 2.14 bits per heavy atom. The number of carbonyl (C=O) groups is 1. The molecule has 0 atom stereocenters. The molecule has 3 rings (SSSR count). The van der Waals surface area contributed by atoms with Crippen LogP contribution in [0.3, 0.4) is 0 Å². The third-order valence-corrected chi connectivity index (χ3v) is 7.40. The SMILES string of the molecule is CCCCCCCCCCCCCCOc1ccccc1NC(=O)c1ccc(CN2C=CSC2)cc1. The van der Waals surface area contributed by atoms with Crippen LogP contribution in [0, 0.1) is 0 Å². The summed E-state index contributed by atoms with van der Waals surface area (Å²) in [5, 5.41) is 5.14. The van der Waals surface area contributed by atoms with Gasteiger partial charge in [-0.25, -0.2) is 0 Å². The number of rotatable bonds is 18. The van der Waals surface area contributed by atoms with Crippen molar-refractivity contribution in [3.63, 3.8) is 0 Å². The molecule has 0 fully saturated rings. The Kier molecular flexibility index (Phi) is 13.4. The van der Waals surface area contributed by atoms with E-state index >= 15 is 0 Å². The third kappa shape index (κ3) is 10.7. The maximum Gasteiger partial charge on any atom is 0.255 e. The van der Waals surface area contributed by atoms with E-state index in [9.17, 15) is 4.79 Å². The van der Waals surface area contributed by atoms with E-state index in [0.717, 1.165) is 30.3 Å². The normalized spacial score (nSPS) is 12.8. The zero-order valence-electron chi connectivity index (χ0n) is 22.1. The number of anilines is 1. The van der Waals surface area contributed by atoms with E-state index in [4.69, 9.17) is 4.74 Å². The Hall–Kier alpha value is -2.40. The Morgan fingerprint density at radius 1 is 0.861 bits per heavy atom. The Balaban J connectivity index is 1.31. The van der Waals surface area contributed by atoms with Gasteiger partial charge in [-0.05, 0) is 41.7 Å². The first-order valence-electron chi connectivity index (χ1n) is 13.9. The first kappa shape index (κ1) is 28.2. The maximum absolute atomic E-state index is 12.8. The Bertz CT molecular complexity index is 913. The molecule has 1 aliphatic rings. The van der Waals surface area contributed by atoms with Crippen molar-refractivity contribution in [2.45, 2.75) is 90.5 Å². The summed E-state index contributed by atoms with van der Waals surface area (Å²) >= 11 is 1.80. The number of hydrogen-bond donors (Lipinski definition) is 1. The first-order valence-corrected chi connectivity index (χ1v) is 15.0. The van der Waals surface area contributed by atoms with E-state index in [-0.39, 0.29) is 5.91 Å². The minimum absolute atomic E-state index is 0.111. The van der Waals surface area contributed by atoms with Gasteiger partial charge >= 0.3 is 0 Å². The molecule has 5 heteroatoms. The average Bonchev–Trinajstić information content (AvgIpc) is 3.41. The lowest BCUT2D eigenvalue weighted by Gasteiger charge is -2.15. The van der Waals surface area contributed by atoms with Crippen LogP contribution in [0.15, 0.2) is 60.1 Å². The molecular weight excluding hydrogens is 464 g/mol. The van der Waals surface area contributed by atoms with E-state index in [2.05, 4.69) is 28.7 Å². The van der Waals surface area contributed by atoms with Crippen molar-refractivity contribution in [3.05, 3.63) is 71.3 Å². The zero-order valence-corrected chi connectivity index (χ0v) is 22.9. The van der Waals surface area contributed by atoms with Crippen LogP contribution >= 0.6 is 11.8 Å². The lowest BCUT2D eigenvalue weighted by Crippen LogP contribution is -2.14. The van der Waals surface area contributed by atoms with Crippen molar-refractivity contribution in [2.24, 2.45) is 0 Å². The lowest BCUT2D eigenvalue weighted by molar-refractivity contribution is 0.102. The van der Waals surface area contributed by atoms with Crippen LogP contribution in [0.5, 0.6) is 5.75 Å². The van der Waals surface area contributed by atoms with Crippen LogP contribution in [0.25, 0.3) is 0 Å². The fourth-order valence-electron chi connectivity index (χ4n) is 4.42. The molecule has 0 saturated carbocycles. The summed E-state index contributed by atoms with van der Waals surface area (Å²) in [6.45, 7) is 3.82. The molecule has 0 aliphatic carbocycles. The smallest absolute Gasteiger partial charge is 0.255 e. The molecular formula is C31H44N2O2S. The summed E-state index contributed by atoms with van der Waals surface area (Å²) < 4.78 is 6.03. The van der Waals surface area contributed by atoms with Crippen molar-refractivity contribution >= 4 is 23.4 Å². The summed E-state index contributed by atoms with van der Waals surface area (Å²) in [5.41, 5.74) is 2.58. The molecule has 0 bridgehead atoms. The molecule has 0 unspecified atom stereocenters. The Labute approximate surface area is 222 Å². The summed E-state index contributed by atoms with van der Waals surface area (Å²) in [7, 11) is 0. The first-order chi connectivity index (χ1) is 17.8. The highest BCUT2D eigenvalue weighted by atomic mass is 32.2. The summed E-state index contributed by atoms with van der Waals surface area (Å²) in [6, 6.07) is 15.6. The highest BCUT2D eigenvalue weighted by Gasteiger charge is 2.11. The van der Waals surface area contributed by atoms with Crippen molar-refractivity contribution in [3.8, 4) is 5.75 Å². The topological polar surface area (TPSA) is 41.6 Å². The maximum atomic E-state index is 12.8. The molecule has 1 amide bonds. The van der Waals surface area contributed by atoms with E-state index in [0.29, 0.717) is 12.2 Å². The number of unbranched alkanes of at least 4 members (excludes halogenated alkanes) is 11. The van der Waals surface area contributed by atoms with Gasteiger partial charge in [0, 0.05) is 18.3 Å². The number of ether oxygens (including phenoxy) is 1. The molecule has 2 aromatic rings. The van der Waals surface area contributed by atoms with Crippen LogP contribution in [0.4, 0.5) is 5.69 Å². The van der Waals surface area contributed by atoms with Gasteiger partial charge in [-0.1, -0.05) is 102 Å². The number of thioether (sulfide) groups is 1.